The average Bonchev–Trinajstić information content (AvgIpc) is 1.91. The van der Waals surface area contributed by atoms with Gasteiger partial charge < -0.3 is 0 Å². The van der Waals surface area contributed by atoms with Gasteiger partial charge in [-0.2, -0.15) is 0 Å². The summed E-state index contributed by atoms with van der Waals surface area (Å²) >= 11 is 6.77. The summed E-state index contributed by atoms with van der Waals surface area (Å²) in [6.45, 7) is 0.881. The molecule has 0 spiro atoms. The van der Waals surface area contributed by atoms with E-state index in [9.17, 15) is 0 Å². The Morgan fingerprint density at radius 1 is 1.14 bits per heavy atom. The van der Waals surface area contributed by atoms with Crippen LogP contribution in [0.25, 0.3) is 0 Å². The average molecular weight is 230 g/mol. The molecule has 1 rings (SSSR count). The van der Waals surface area contributed by atoms with Crippen molar-refractivity contribution in [1.29, 1.82) is 0 Å². The molecule has 0 bridgehead atoms. The van der Waals surface area contributed by atoms with E-state index in [0.29, 0.717) is 9.90 Å². The molecule has 1 aliphatic rings. The predicted molar refractivity (Wildman–Crippen MR) is 36.6 cm³/mol. The fraction of sp³-hybridized carbons (Fsp3) is 1.00. The van der Waals surface area contributed by atoms with Crippen molar-refractivity contribution in [2.75, 3.05) is 6.67 Å². The molecule has 0 aromatic heterocycles. The summed E-state index contributed by atoms with van der Waals surface area (Å²) in [5, 5.41) is 6.26. The lowest BCUT2D eigenvalue weighted by Gasteiger charge is -2.01. The molecule has 42 valence electrons. The molecule has 4 heteroatoms. The summed E-state index contributed by atoms with van der Waals surface area (Å²) in [5.41, 5.74) is 0. The second-order valence-corrected chi connectivity index (χ2v) is 3.36. The predicted octanol–water partition coefficient (Wildman–Crippen LogP) is 0.579. The van der Waals surface area contributed by atoms with Crippen LogP contribution >= 0.6 is 31.9 Å². The van der Waals surface area contributed by atoms with E-state index in [2.05, 4.69) is 42.5 Å². The minimum atomic E-state index is 0.382. The van der Waals surface area contributed by atoms with Crippen LogP contribution < -0.4 is 10.6 Å². The van der Waals surface area contributed by atoms with Crippen LogP contribution in [0.3, 0.4) is 0 Å². The summed E-state index contributed by atoms with van der Waals surface area (Å²) in [6.07, 6.45) is 0. The maximum Gasteiger partial charge on any atom is 0.0897 e. The van der Waals surface area contributed by atoms with Crippen LogP contribution in [0.4, 0.5) is 0 Å². The molecule has 2 unspecified atom stereocenters. The zero-order valence-corrected chi connectivity index (χ0v) is 6.79. The van der Waals surface area contributed by atoms with Crippen molar-refractivity contribution >= 4 is 31.9 Å². The highest BCUT2D eigenvalue weighted by Crippen LogP contribution is 2.11. The Morgan fingerprint density at radius 2 is 1.57 bits per heavy atom. The summed E-state index contributed by atoms with van der Waals surface area (Å²) in [4.78, 5) is 0.764. The van der Waals surface area contributed by atoms with E-state index in [1.54, 1.807) is 0 Å². The van der Waals surface area contributed by atoms with E-state index in [1.807, 2.05) is 0 Å². The van der Waals surface area contributed by atoms with E-state index in [1.165, 1.54) is 0 Å². The van der Waals surface area contributed by atoms with Crippen LogP contribution in [0.15, 0.2) is 0 Å². The molecule has 1 aliphatic heterocycles. The second kappa shape index (κ2) is 2.44. The molecule has 0 aliphatic carbocycles. The normalized spacial score (nSPS) is 42.0. The number of hydrogen-bond donors (Lipinski definition) is 2. The van der Waals surface area contributed by atoms with Crippen molar-refractivity contribution < 1.29 is 0 Å². The maximum atomic E-state index is 3.38. The van der Waals surface area contributed by atoms with Gasteiger partial charge in [-0.1, -0.05) is 31.9 Å². The van der Waals surface area contributed by atoms with Gasteiger partial charge >= 0.3 is 0 Å². The van der Waals surface area contributed by atoms with Crippen LogP contribution in [0.2, 0.25) is 0 Å². The molecule has 1 fully saturated rings. The molecule has 0 aromatic rings. The van der Waals surface area contributed by atoms with Crippen molar-refractivity contribution in [3.8, 4) is 0 Å². The zero-order valence-electron chi connectivity index (χ0n) is 3.62. The first-order chi connectivity index (χ1) is 3.30. The van der Waals surface area contributed by atoms with Gasteiger partial charge in [0.15, 0.2) is 0 Å². The minimum Gasteiger partial charge on any atom is -0.290 e. The highest BCUT2D eigenvalue weighted by molar-refractivity contribution is 9.12. The van der Waals surface area contributed by atoms with E-state index in [-0.39, 0.29) is 0 Å². The molecule has 2 N–H and O–H groups in total. The smallest absolute Gasteiger partial charge is 0.0897 e. The first-order valence-corrected chi connectivity index (χ1v) is 3.89. The molecule has 1 saturated heterocycles. The Morgan fingerprint density at radius 3 is 1.71 bits per heavy atom. The first kappa shape index (κ1) is 6.01. The van der Waals surface area contributed by atoms with Gasteiger partial charge in [0.25, 0.3) is 0 Å². The quantitative estimate of drug-likeness (QED) is 0.469. The van der Waals surface area contributed by atoms with Gasteiger partial charge in [0.1, 0.15) is 0 Å². The van der Waals surface area contributed by atoms with Crippen molar-refractivity contribution in [3.05, 3.63) is 0 Å². The van der Waals surface area contributed by atoms with Gasteiger partial charge in [0.05, 0.1) is 9.90 Å². The van der Waals surface area contributed by atoms with Gasteiger partial charge in [-0.25, -0.2) is 0 Å². The molecule has 0 aromatic carbocycles. The lowest BCUT2D eigenvalue weighted by molar-refractivity contribution is 0.796. The molecule has 2 atom stereocenters. The Labute approximate surface area is 59.3 Å². The number of hydrogen-bond acceptors (Lipinski definition) is 2. The topological polar surface area (TPSA) is 24.1 Å². The van der Waals surface area contributed by atoms with Crippen LogP contribution in [-0.4, -0.2) is 16.6 Å². The number of nitrogens with one attached hydrogen (secondary N) is 2. The SMILES string of the molecule is BrC1NCNC1Br. The Balaban J connectivity index is 2.33. The summed E-state index contributed by atoms with van der Waals surface area (Å²) in [6, 6.07) is 0. The van der Waals surface area contributed by atoms with Crippen LogP contribution in [0.5, 0.6) is 0 Å². The van der Waals surface area contributed by atoms with Crippen LogP contribution in [0.1, 0.15) is 0 Å². The minimum absolute atomic E-state index is 0.382. The highest BCUT2D eigenvalue weighted by atomic mass is 79.9. The number of halogens is 2. The third-order valence-electron chi connectivity index (χ3n) is 0.851. The second-order valence-electron chi connectivity index (χ2n) is 1.39. The maximum absolute atomic E-state index is 3.38. The van der Waals surface area contributed by atoms with Gasteiger partial charge in [-0.05, 0) is 0 Å². The zero-order chi connectivity index (χ0) is 5.28. The van der Waals surface area contributed by atoms with Crippen molar-refractivity contribution in [3.63, 3.8) is 0 Å². The molecule has 1 heterocycles. The standard InChI is InChI=1S/C3H6Br2N2/c4-2-3(5)7-1-6-2/h2-3,6-7H,1H2. The van der Waals surface area contributed by atoms with Gasteiger partial charge in [-0.15, -0.1) is 0 Å². The molecule has 2 nitrogen and oxygen atoms in total. The van der Waals surface area contributed by atoms with Gasteiger partial charge in [0, 0.05) is 6.67 Å². The lowest BCUT2D eigenvalue weighted by atomic mass is 10.7. The molecule has 7 heavy (non-hydrogen) atoms. The Kier molecular flexibility index (Phi) is 2.09. The number of rotatable bonds is 0. The van der Waals surface area contributed by atoms with E-state index >= 15 is 0 Å². The van der Waals surface area contributed by atoms with E-state index in [0.717, 1.165) is 6.67 Å². The van der Waals surface area contributed by atoms with Gasteiger partial charge in [-0.3, -0.25) is 10.6 Å². The van der Waals surface area contributed by atoms with E-state index in [4.69, 9.17) is 0 Å². The largest absolute Gasteiger partial charge is 0.290 e. The molecule has 0 saturated carbocycles. The van der Waals surface area contributed by atoms with Crippen molar-refractivity contribution in [2.24, 2.45) is 0 Å². The van der Waals surface area contributed by atoms with Gasteiger partial charge in [0.2, 0.25) is 0 Å². The van der Waals surface area contributed by atoms with Crippen LogP contribution in [0, 0.1) is 0 Å². The molecule has 0 radical (unpaired) electrons. The fourth-order valence-electron chi connectivity index (χ4n) is 0.461. The molecular weight excluding hydrogens is 224 g/mol. The third kappa shape index (κ3) is 1.38. The van der Waals surface area contributed by atoms with Crippen LogP contribution in [-0.2, 0) is 0 Å². The fourth-order valence-corrected chi connectivity index (χ4v) is 1.16. The Hall–Kier alpha value is 0.880. The Bertz CT molecular complexity index is 60.0. The summed E-state index contributed by atoms with van der Waals surface area (Å²) in [7, 11) is 0. The summed E-state index contributed by atoms with van der Waals surface area (Å²) < 4.78 is 0. The number of alkyl halides is 2. The highest BCUT2D eigenvalue weighted by Gasteiger charge is 2.19. The van der Waals surface area contributed by atoms with E-state index < -0.39 is 0 Å². The van der Waals surface area contributed by atoms with Crippen molar-refractivity contribution in [1.82, 2.24) is 10.6 Å². The monoisotopic (exact) mass is 228 g/mol. The first-order valence-electron chi connectivity index (χ1n) is 2.05. The third-order valence-corrected chi connectivity index (χ3v) is 3.27. The summed E-state index contributed by atoms with van der Waals surface area (Å²) in [5.74, 6) is 0. The van der Waals surface area contributed by atoms with Crippen molar-refractivity contribution in [2.45, 2.75) is 9.90 Å². The molecular formula is C3H6Br2N2. The molecule has 0 amide bonds. The lowest BCUT2D eigenvalue weighted by Crippen LogP contribution is -2.20.